The number of Topliss-reactive ketones (excluding diaryl/α,β-unsaturated/α-hetero) is 1. The summed E-state index contributed by atoms with van der Waals surface area (Å²) in [5.41, 5.74) is 9.51. The fourth-order valence-corrected chi connectivity index (χ4v) is 8.25. The molecule has 0 aliphatic rings. The van der Waals surface area contributed by atoms with Gasteiger partial charge in [0.25, 0.3) is 11.5 Å². The van der Waals surface area contributed by atoms with Gasteiger partial charge in [0.15, 0.2) is 11.2 Å². The van der Waals surface area contributed by atoms with Crippen LogP contribution in [0.5, 0.6) is 0 Å². The number of rotatable bonds is 19. The number of aliphatic carboxylic acids is 1. The second kappa shape index (κ2) is 19.5. The molecule has 302 valence electrons. The average Bonchev–Trinajstić information content (AvgIpc) is 3.25. The summed E-state index contributed by atoms with van der Waals surface area (Å²) in [6.45, 7) is 2.05. The summed E-state index contributed by atoms with van der Waals surface area (Å²) >= 11 is 1.54. The van der Waals surface area contributed by atoms with Gasteiger partial charge in [0.05, 0.1) is 35.7 Å². The highest BCUT2D eigenvalue weighted by atomic mass is 32.2. The maximum Gasteiger partial charge on any atom is 0.326 e. The van der Waals surface area contributed by atoms with Crippen molar-refractivity contribution in [3.05, 3.63) is 160 Å². The second-order valence-electron chi connectivity index (χ2n) is 13.6. The SMILES string of the molecule is CCOC(=O)[C@H](CSC(c1ccccc1)(c1ccccc1)c1ccccc1)CC(=O)CC[C@H](NC(=O)c1ccc(NCc2cnc3nc(N)[nH]c(=O)c3n2)cc1)C(=O)O. The lowest BCUT2D eigenvalue weighted by Gasteiger charge is -2.36. The Morgan fingerprint density at radius 3 is 2.02 bits per heavy atom. The van der Waals surface area contributed by atoms with Gasteiger partial charge in [-0.15, -0.1) is 11.8 Å². The van der Waals surface area contributed by atoms with Crippen LogP contribution in [0.4, 0.5) is 11.6 Å². The molecule has 15 heteroatoms. The number of benzene rings is 4. The number of nitrogen functional groups attached to an aromatic ring is 1. The zero-order valence-corrected chi connectivity index (χ0v) is 33.0. The van der Waals surface area contributed by atoms with E-state index < -0.39 is 40.1 Å². The number of aromatic nitrogens is 4. The Labute approximate surface area is 344 Å². The molecule has 6 rings (SSSR count). The van der Waals surface area contributed by atoms with Gasteiger partial charge in [-0.05, 0) is 54.3 Å². The smallest absolute Gasteiger partial charge is 0.326 e. The molecule has 0 radical (unpaired) electrons. The number of thioether (sulfide) groups is 1. The molecule has 0 aliphatic carbocycles. The van der Waals surface area contributed by atoms with Gasteiger partial charge in [0.1, 0.15) is 11.8 Å². The summed E-state index contributed by atoms with van der Waals surface area (Å²) in [7, 11) is 0. The molecule has 0 spiro atoms. The van der Waals surface area contributed by atoms with Crippen molar-refractivity contribution in [3.8, 4) is 0 Å². The van der Waals surface area contributed by atoms with Crippen molar-refractivity contribution >= 4 is 58.2 Å². The number of carboxylic acid groups (broad SMARTS) is 1. The van der Waals surface area contributed by atoms with E-state index >= 15 is 0 Å². The molecule has 0 bridgehead atoms. The molecule has 59 heavy (non-hydrogen) atoms. The lowest BCUT2D eigenvalue weighted by atomic mass is 9.84. The number of esters is 1. The molecule has 2 aromatic heterocycles. The molecular weight excluding hydrogens is 771 g/mol. The van der Waals surface area contributed by atoms with Crippen LogP contribution in [0.2, 0.25) is 0 Å². The molecule has 0 saturated heterocycles. The largest absolute Gasteiger partial charge is 0.480 e. The van der Waals surface area contributed by atoms with Gasteiger partial charge in [-0.2, -0.15) is 4.98 Å². The minimum Gasteiger partial charge on any atom is -0.480 e. The molecule has 14 nitrogen and oxygen atoms in total. The molecule has 0 saturated carbocycles. The number of hydrogen-bond donors (Lipinski definition) is 5. The highest BCUT2D eigenvalue weighted by Crippen LogP contribution is 2.49. The number of ether oxygens (including phenoxy) is 1. The number of carboxylic acids is 1. The summed E-state index contributed by atoms with van der Waals surface area (Å²) in [5.74, 6) is -3.42. The number of carbonyl (C=O) groups excluding carboxylic acids is 3. The van der Waals surface area contributed by atoms with Gasteiger partial charge in [0.2, 0.25) is 5.95 Å². The van der Waals surface area contributed by atoms with Crippen molar-refractivity contribution in [2.75, 3.05) is 23.4 Å². The number of amides is 1. The lowest BCUT2D eigenvalue weighted by Crippen LogP contribution is -2.41. The lowest BCUT2D eigenvalue weighted by molar-refractivity contribution is -0.148. The number of nitrogens with two attached hydrogens (primary N) is 1. The van der Waals surface area contributed by atoms with Gasteiger partial charge >= 0.3 is 11.9 Å². The first-order valence-electron chi connectivity index (χ1n) is 18.9. The Morgan fingerprint density at radius 2 is 1.46 bits per heavy atom. The van der Waals surface area contributed by atoms with Gasteiger partial charge in [-0.1, -0.05) is 91.0 Å². The predicted molar refractivity (Wildman–Crippen MR) is 226 cm³/mol. The third kappa shape index (κ3) is 10.4. The number of ketones is 1. The molecule has 0 unspecified atom stereocenters. The number of carbonyl (C=O) groups is 4. The molecule has 6 aromatic rings. The maximum absolute atomic E-state index is 13.5. The summed E-state index contributed by atoms with van der Waals surface area (Å²) in [6, 6.07) is 34.9. The van der Waals surface area contributed by atoms with Crippen LogP contribution in [-0.2, 0) is 30.4 Å². The predicted octanol–water partition coefficient (Wildman–Crippen LogP) is 5.73. The number of H-pyrrole nitrogens is 1. The fraction of sp³-hybridized carbons (Fsp3) is 0.227. The minimum atomic E-state index is -1.36. The van der Waals surface area contributed by atoms with Gasteiger partial charge in [0, 0.05) is 29.8 Å². The maximum atomic E-state index is 13.5. The van der Waals surface area contributed by atoms with E-state index in [0.29, 0.717) is 11.4 Å². The highest BCUT2D eigenvalue weighted by molar-refractivity contribution is 8.00. The standard InChI is InChI=1S/C44H43N7O7S/c1-2-58-42(57)29(27-59-44(30-12-6-3-7-13-30,31-14-8-4-9-15-31)32-16-10-5-11-17-32)24-35(52)22-23-36(41(55)56)49-39(53)28-18-20-33(21-19-28)46-25-34-26-47-38-37(48-34)40(54)51-43(45)50-38/h3-21,26,29,36,46H,2,22-25,27H2,1H3,(H,49,53)(H,55,56)(H3,45,47,50,51,54)/t29-,36-/m0/s1. The van der Waals surface area contributed by atoms with Crippen LogP contribution in [-0.4, -0.2) is 67.1 Å². The molecule has 0 aliphatic heterocycles. The van der Waals surface area contributed by atoms with E-state index in [0.717, 1.165) is 16.7 Å². The van der Waals surface area contributed by atoms with Crippen LogP contribution >= 0.6 is 11.8 Å². The summed E-state index contributed by atoms with van der Waals surface area (Å²) in [4.78, 5) is 79.2. The van der Waals surface area contributed by atoms with E-state index in [2.05, 4.69) is 30.6 Å². The molecule has 2 heterocycles. The number of nitrogens with zero attached hydrogens (tertiary/aromatic N) is 3. The normalized spacial score (nSPS) is 12.3. The molecule has 6 N–H and O–H groups in total. The van der Waals surface area contributed by atoms with Crippen LogP contribution in [0.25, 0.3) is 11.2 Å². The third-order valence-electron chi connectivity index (χ3n) is 9.56. The summed E-state index contributed by atoms with van der Waals surface area (Å²) < 4.78 is 4.71. The topological polar surface area (TPSA) is 219 Å². The van der Waals surface area contributed by atoms with Gasteiger partial charge in [-0.25, -0.2) is 14.8 Å². The molecule has 4 aromatic carbocycles. The monoisotopic (exact) mass is 813 g/mol. The average molecular weight is 814 g/mol. The van der Waals surface area contributed by atoms with Crippen molar-refractivity contribution in [2.45, 2.75) is 43.5 Å². The highest BCUT2D eigenvalue weighted by Gasteiger charge is 2.39. The van der Waals surface area contributed by atoms with Crippen LogP contribution in [0, 0.1) is 5.92 Å². The fourth-order valence-electron chi connectivity index (χ4n) is 6.63. The van der Waals surface area contributed by atoms with Gasteiger partial charge < -0.3 is 26.2 Å². The van der Waals surface area contributed by atoms with E-state index in [9.17, 15) is 29.1 Å². The van der Waals surface area contributed by atoms with E-state index in [4.69, 9.17) is 10.5 Å². The molecule has 0 fully saturated rings. The van der Waals surface area contributed by atoms with Gasteiger partial charge in [-0.3, -0.25) is 24.2 Å². The van der Waals surface area contributed by atoms with E-state index in [1.807, 2.05) is 91.0 Å². The first kappa shape index (κ1) is 41.8. The van der Waals surface area contributed by atoms with E-state index in [1.165, 1.54) is 30.1 Å². The Morgan fingerprint density at radius 1 is 0.864 bits per heavy atom. The molecule has 2 atom stereocenters. The second-order valence-corrected chi connectivity index (χ2v) is 14.8. The third-order valence-corrected chi connectivity index (χ3v) is 11.3. The van der Waals surface area contributed by atoms with Crippen molar-refractivity contribution in [2.24, 2.45) is 5.92 Å². The summed E-state index contributed by atoms with van der Waals surface area (Å²) in [5, 5.41) is 15.6. The van der Waals surface area contributed by atoms with Crippen LogP contribution in [0.3, 0.4) is 0 Å². The number of aromatic amines is 1. The zero-order valence-electron chi connectivity index (χ0n) is 32.2. The van der Waals surface area contributed by atoms with Crippen molar-refractivity contribution in [1.82, 2.24) is 25.3 Å². The first-order chi connectivity index (χ1) is 28.6. The minimum absolute atomic E-state index is 0.0468. The number of anilines is 2. The first-order valence-corrected chi connectivity index (χ1v) is 19.9. The van der Waals surface area contributed by atoms with Crippen molar-refractivity contribution < 1.29 is 29.0 Å². The quantitative estimate of drug-likeness (QED) is 0.0488. The summed E-state index contributed by atoms with van der Waals surface area (Å²) in [6.07, 6.45) is 0.933. The Kier molecular flexibility index (Phi) is 13.8. The number of nitrogens with one attached hydrogen (secondary N) is 3. The number of hydrogen-bond acceptors (Lipinski definition) is 12. The Balaban J connectivity index is 1.09. The van der Waals surface area contributed by atoms with Crippen LogP contribution in [0.15, 0.2) is 126 Å². The van der Waals surface area contributed by atoms with Crippen LogP contribution < -0.4 is 21.9 Å². The van der Waals surface area contributed by atoms with Crippen molar-refractivity contribution in [1.29, 1.82) is 0 Å². The zero-order chi connectivity index (χ0) is 41.8. The molecule has 1 amide bonds. The van der Waals surface area contributed by atoms with E-state index in [-0.39, 0.29) is 66.6 Å². The van der Waals surface area contributed by atoms with E-state index in [1.54, 1.807) is 19.1 Å². The van der Waals surface area contributed by atoms with Crippen molar-refractivity contribution in [3.63, 3.8) is 0 Å². The Hall–Kier alpha value is -6.87. The molecular formula is C44H43N7O7S. The van der Waals surface area contributed by atoms with Crippen LogP contribution in [0.1, 0.15) is 58.9 Å². The number of fused-ring (bicyclic) bond motifs is 1. The Bertz CT molecular complexity index is 2360.